The molecule has 1 aliphatic heterocycles. The molecule has 0 atom stereocenters. The minimum Gasteiger partial charge on any atom is -0.357 e. The van der Waals surface area contributed by atoms with Crippen molar-refractivity contribution in [2.45, 2.75) is 19.3 Å². The molecule has 0 N–H and O–H groups in total. The average molecular weight is 278 g/mol. The van der Waals surface area contributed by atoms with Gasteiger partial charge in [-0.05, 0) is 25.3 Å². The molecule has 1 aliphatic rings. The number of aromatic nitrogens is 3. The van der Waals surface area contributed by atoms with Crippen LogP contribution >= 0.6 is 0 Å². The van der Waals surface area contributed by atoms with Gasteiger partial charge in [-0.2, -0.15) is 0 Å². The summed E-state index contributed by atoms with van der Waals surface area (Å²) in [6.07, 6.45) is 9.50. The van der Waals surface area contributed by atoms with E-state index in [2.05, 4.69) is 38.7 Å². The second-order valence-electron chi connectivity index (χ2n) is 5.53. The number of piperidine rings is 1. The van der Waals surface area contributed by atoms with Gasteiger partial charge >= 0.3 is 0 Å². The summed E-state index contributed by atoms with van der Waals surface area (Å²) in [7, 11) is 0. The number of nitrogens with zero attached hydrogens (tertiary/aromatic N) is 4. The van der Waals surface area contributed by atoms with Crippen molar-refractivity contribution in [3.8, 4) is 5.69 Å². The lowest BCUT2D eigenvalue weighted by atomic mass is 10.1. The number of benzene rings is 1. The van der Waals surface area contributed by atoms with Gasteiger partial charge in [-0.1, -0.05) is 18.2 Å². The third-order valence-corrected chi connectivity index (χ3v) is 4.14. The minimum absolute atomic E-state index is 1.05. The predicted molar refractivity (Wildman–Crippen MR) is 84.9 cm³/mol. The summed E-state index contributed by atoms with van der Waals surface area (Å²) in [6.45, 7) is 2.21. The lowest BCUT2D eigenvalue weighted by Crippen LogP contribution is -2.30. The van der Waals surface area contributed by atoms with E-state index >= 15 is 0 Å². The van der Waals surface area contributed by atoms with Gasteiger partial charge in [0.2, 0.25) is 0 Å². The topological polar surface area (TPSA) is 34.0 Å². The molecule has 0 spiro atoms. The minimum atomic E-state index is 1.05. The molecule has 0 unspecified atom stereocenters. The molecule has 1 aromatic carbocycles. The molecule has 0 amide bonds. The third-order valence-electron chi connectivity index (χ3n) is 4.14. The van der Waals surface area contributed by atoms with Crippen molar-refractivity contribution in [2.75, 3.05) is 18.0 Å². The smallest absolute Gasteiger partial charge is 0.131 e. The Labute approximate surface area is 124 Å². The van der Waals surface area contributed by atoms with E-state index in [9.17, 15) is 0 Å². The van der Waals surface area contributed by atoms with Crippen LogP contribution in [-0.2, 0) is 0 Å². The molecule has 0 bridgehead atoms. The molecule has 3 aromatic rings. The maximum atomic E-state index is 4.86. The molecule has 0 aliphatic carbocycles. The summed E-state index contributed by atoms with van der Waals surface area (Å²) in [6, 6.07) is 10.5. The van der Waals surface area contributed by atoms with Crippen molar-refractivity contribution < 1.29 is 0 Å². The van der Waals surface area contributed by atoms with E-state index in [1.165, 1.54) is 19.3 Å². The Balaban J connectivity index is 1.89. The van der Waals surface area contributed by atoms with Crippen molar-refractivity contribution in [3.05, 3.63) is 49.1 Å². The highest BCUT2D eigenvalue weighted by atomic mass is 15.2. The Morgan fingerprint density at radius 3 is 2.67 bits per heavy atom. The number of para-hydroxylation sites is 1. The van der Waals surface area contributed by atoms with Crippen molar-refractivity contribution in [3.63, 3.8) is 0 Å². The summed E-state index contributed by atoms with van der Waals surface area (Å²) in [5.74, 6) is 1.08. The summed E-state index contributed by atoms with van der Waals surface area (Å²) in [5, 5.41) is 1.16. The van der Waals surface area contributed by atoms with Crippen LogP contribution in [0.5, 0.6) is 0 Å². The van der Waals surface area contributed by atoms with Crippen molar-refractivity contribution in [1.82, 2.24) is 14.5 Å². The zero-order valence-electron chi connectivity index (χ0n) is 11.9. The second-order valence-corrected chi connectivity index (χ2v) is 5.53. The van der Waals surface area contributed by atoms with Crippen LogP contribution in [0.1, 0.15) is 19.3 Å². The largest absolute Gasteiger partial charge is 0.357 e. The summed E-state index contributed by atoms with van der Waals surface area (Å²) >= 11 is 0. The summed E-state index contributed by atoms with van der Waals surface area (Å²) in [4.78, 5) is 11.4. The first-order valence-corrected chi connectivity index (χ1v) is 7.55. The second kappa shape index (κ2) is 5.20. The highest BCUT2D eigenvalue weighted by molar-refractivity contribution is 5.89. The van der Waals surface area contributed by atoms with Crippen molar-refractivity contribution >= 4 is 16.7 Å². The first-order chi connectivity index (χ1) is 10.4. The number of pyridine rings is 1. The molecule has 0 saturated carbocycles. The fraction of sp³-hybridized carbons (Fsp3) is 0.294. The molecular weight excluding hydrogens is 260 g/mol. The summed E-state index contributed by atoms with van der Waals surface area (Å²) < 4.78 is 2.07. The van der Waals surface area contributed by atoms with Crippen molar-refractivity contribution in [1.29, 1.82) is 0 Å². The van der Waals surface area contributed by atoms with Gasteiger partial charge in [-0.3, -0.25) is 0 Å². The van der Waals surface area contributed by atoms with Gasteiger partial charge in [0.25, 0.3) is 0 Å². The monoisotopic (exact) mass is 278 g/mol. The Kier molecular flexibility index (Phi) is 3.07. The predicted octanol–water partition coefficient (Wildman–Crippen LogP) is 3.41. The van der Waals surface area contributed by atoms with Gasteiger partial charge in [-0.15, -0.1) is 0 Å². The van der Waals surface area contributed by atoms with E-state index < -0.39 is 0 Å². The SMILES string of the molecule is c1ccc2c(-n3ccnc3)cc(N3CCCCC3)nc2c1. The highest BCUT2D eigenvalue weighted by Gasteiger charge is 2.15. The Hall–Kier alpha value is -2.36. The Bertz CT molecular complexity index is 743. The molecule has 4 nitrogen and oxygen atoms in total. The van der Waals surface area contributed by atoms with Gasteiger partial charge in [0.15, 0.2) is 0 Å². The molecule has 106 valence electrons. The van der Waals surface area contributed by atoms with Crippen LogP contribution < -0.4 is 4.90 Å². The molecule has 3 heterocycles. The van der Waals surface area contributed by atoms with Gasteiger partial charge < -0.3 is 9.47 Å². The van der Waals surface area contributed by atoms with Gasteiger partial charge in [0.1, 0.15) is 5.82 Å². The van der Waals surface area contributed by atoms with Crippen LogP contribution in [0.2, 0.25) is 0 Å². The summed E-state index contributed by atoms with van der Waals surface area (Å²) in [5.41, 5.74) is 2.20. The maximum absolute atomic E-state index is 4.86. The van der Waals surface area contributed by atoms with Crippen LogP contribution in [0.4, 0.5) is 5.82 Å². The number of rotatable bonds is 2. The van der Waals surface area contributed by atoms with Gasteiger partial charge in [-0.25, -0.2) is 9.97 Å². The van der Waals surface area contributed by atoms with Crippen LogP contribution in [0, 0.1) is 0 Å². The lowest BCUT2D eigenvalue weighted by molar-refractivity contribution is 0.574. The lowest BCUT2D eigenvalue weighted by Gasteiger charge is -2.28. The van der Waals surface area contributed by atoms with Crippen LogP contribution in [-0.4, -0.2) is 27.6 Å². The van der Waals surface area contributed by atoms with E-state index in [0.717, 1.165) is 35.5 Å². The number of imidazole rings is 1. The Morgan fingerprint density at radius 2 is 1.86 bits per heavy atom. The van der Waals surface area contributed by atoms with E-state index in [-0.39, 0.29) is 0 Å². The fourth-order valence-electron chi connectivity index (χ4n) is 3.04. The normalized spacial score (nSPS) is 15.5. The molecule has 4 heteroatoms. The van der Waals surface area contributed by atoms with Crippen LogP contribution in [0.15, 0.2) is 49.1 Å². The van der Waals surface area contributed by atoms with Crippen LogP contribution in [0.3, 0.4) is 0 Å². The van der Waals surface area contributed by atoms with E-state index in [4.69, 9.17) is 4.98 Å². The number of anilines is 1. The molecule has 2 aromatic heterocycles. The molecule has 1 saturated heterocycles. The van der Waals surface area contributed by atoms with Crippen LogP contribution in [0.25, 0.3) is 16.6 Å². The van der Waals surface area contributed by atoms with Gasteiger partial charge in [0.05, 0.1) is 17.5 Å². The third kappa shape index (κ3) is 2.27. The zero-order chi connectivity index (χ0) is 14.1. The first kappa shape index (κ1) is 12.4. The highest BCUT2D eigenvalue weighted by Crippen LogP contribution is 2.27. The standard InChI is InChI=1S/C17H18N4/c1-4-9-20(10-5-1)17-12-16(21-11-8-18-13-21)14-6-2-3-7-15(14)19-17/h2-3,6-8,11-13H,1,4-5,9-10H2. The number of hydrogen-bond acceptors (Lipinski definition) is 3. The molecule has 1 fully saturated rings. The average Bonchev–Trinajstić information content (AvgIpc) is 3.09. The molecule has 21 heavy (non-hydrogen) atoms. The maximum Gasteiger partial charge on any atom is 0.131 e. The zero-order valence-corrected chi connectivity index (χ0v) is 11.9. The number of fused-ring (bicyclic) bond motifs is 1. The number of hydrogen-bond donors (Lipinski definition) is 0. The van der Waals surface area contributed by atoms with E-state index in [1.54, 1.807) is 0 Å². The van der Waals surface area contributed by atoms with Crippen molar-refractivity contribution in [2.24, 2.45) is 0 Å². The molecule has 0 radical (unpaired) electrons. The Morgan fingerprint density at radius 1 is 1.00 bits per heavy atom. The van der Waals surface area contributed by atoms with E-state index in [1.807, 2.05) is 24.8 Å². The molecular formula is C17H18N4. The van der Waals surface area contributed by atoms with E-state index in [0.29, 0.717) is 0 Å². The quantitative estimate of drug-likeness (QED) is 0.720. The fourth-order valence-corrected chi connectivity index (χ4v) is 3.04. The molecule has 4 rings (SSSR count). The first-order valence-electron chi connectivity index (χ1n) is 7.55. The van der Waals surface area contributed by atoms with Gasteiger partial charge in [0, 0.05) is 36.9 Å².